The normalized spacial score (nSPS) is 19.6. The highest BCUT2D eigenvalue weighted by Gasteiger charge is 2.57. The number of imide groups is 1. The van der Waals surface area contributed by atoms with Gasteiger partial charge in [-0.05, 0) is 55.3 Å². The molecule has 0 saturated carbocycles. The van der Waals surface area contributed by atoms with Crippen molar-refractivity contribution in [1.82, 2.24) is 0 Å². The molecule has 2 amide bonds. The fourth-order valence-electron chi connectivity index (χ4n) is 4.49. The second-order valence-corrected chi connectivity index (χ2v) is 8.19. The zero-order valence-corrected chi connectivity index (χ0v) is 18.0. The van der Waals surface area contributed by atoms with E-state index < -0.39 is 16.9 Å². The van der Waals surface area contributed by atoms with E-state index >= 15 is 0 Å². The lowest BCUT2D eigenvalue weighted by Gasteiger charge is -2.23. The van der Waals surface area contributed by atoms with Crippen molar-refractivity contribution in [2.24, 2.45) is 11.0 Å². The average Bonchev–Trinajstić information content (AvgIpc) is 3.32. The van der Waals surface area contributed by atoms with Crippen molar-refractivity contribution in [3.63, 3.8) is 0 Å². The van der Waals surface area contributed by atoms with Crippen molar-refractivity contribution >= 4 is 34.6 Å². The van der Waals surface area contributed by atoms with E-state index in [1.807, 2.05) is 56.3 Å². The summed E-state index contributed by atoms with van der Waals surface area (Å²) in [6.45, 7) is 3.83. The predicted molar refractivity (Wildman–Crippen MR) is 124 cm³/mol. The number of anilines is 2. The maximum atomic E-state index is 13.7. The van der Waals surface area contributed by atoms with Crippen LogP contribution in [0.25, 0.3) is 0 Å². The monoisotopic (exact) mass is 440 g/mol. The zero-order valence-electron chi connectivity index (χ0n) is 18.0. The number of benzene rings is 3. The summed E-state index contributed by atoms with van der Waals surface area (Å²) in [4.78, 5) is 39.1. The van der Waals surface area contributed by atoms with E-state index in [-0.39, 0.29) is 17.5 Å². The molecular formula is C25H20N4O4. The van der Waals surface area contributed by atoms with Crippen LogP contribution in [0.2, 0.25) is 0 Å². The molecule has 3 aromatic rings. The van der Waals surface area contributed by atoms with Crippen LogP contribution < -0.4 is 9.91 Å². The second kappa shape index (κ2) is 7.67. The topological polar surface area (TPSA) is 96.1 Å². The maximum absolute atomic E-state index is 13.7. The van der Waals surface area contributed by atoms with Crippen LogP contribution in [-0.4, -0.2) is 28.5 Å². The van der Waals surface area contributed by atoms with Crippen LogP contribution in [0.4, 0.5) is 17.1 Å². The number of carbonyl (C=O) groups excluding carboxylic acids is 2. The minimum atomic E-state index is -0.828. The molecule has 0 aliphatic carbocycles. The Hall–Kier alpha value is -4.33. The summed E-state index contributed by atoms with van der Waals surface area (Å²) in [6, 6.07) is 19.9. The van der Waals surface area contributed by atoms with E-state index in [4.69, 9.17) is 0 Å². The highest BCUT2D eigenvalue weighted by molar-refractivity contribution is 6.34. The molecule has 2 aliphatic rings. The number of non-ortho nitro benzene ring substituents is 1. The van der Waals surface area contributed by atoms with Gasteiger partial charge in [0.05, 0.1) is 22.0 Å². The third-order valence-corrected chi connectivity index (χ3v) is 6.04. The SMILES string of the molecule is Cc1ccc(N2C(=O)[C@@H]3C(c4ccc([N+](=O)[O-])cc4)=NN(c4ccccc4)[C@@H]3C2=O)c(C)c1. The number of para-hydroxylation sites is 1. The van der Waals surface area contributed by atoms with Gasteiger partial charge in [0.2, 0.25) is 5.91 Å². The number of hydrogen-bond acceptors (Lipinski definition) is 6. The van der Waals surface area contributed by atoms with Gasteiger partial charge >= 0.3 is 0 Å². The van der Waals surface area contributed by atoms with Gasteiger partial charge < -0.3 is 0 Å². The first-order chi connectivity index (χ1) is 15.9. The molecule has 0 radical (unpaired) electrons. The van der Waals surface area contributed by atoms with Gasteiger partial charge in [-0.25, -0.2) is 4.90 Å². The highest BCUT2D eigenvalue weighted by Crippen LogP contribution is 2.40. The molecular weight excluding hydrogens is 420 g/mol. The summed E-state index contributed by atoms with van der Waals surface area (Å²) >= 11 is 0. The second-order valence-electron chi connectivity index (χ2n) is 8.19. The predicted octanol–water partition coefficient (Wildman–Crippen LogP) is 3.99. The molecule has 0 unspecified atom stereocenters. The first-order valence-electron chi connectivity index (χ1n) is 10.5. The van der Waals surface area contributed by atoms with Crippen molar-refractivity contribution in [3.8, 4) is 0 Å². The highest BCUT2D eigenvalue weighted by atomic mass is 16.6. The van der Waals surface area contributed by atoms with Crippen LogP contribution in [0.1, 0.15) is 16.7 Å². The number of nitro groups is 1. The number of hydrazone groups is 1. The molecule has 0 aromatic heterocycles. The molecule has 3 aromatic carbocycles. The van der Waals surface area contributed by atoms with Crippen molar-refractivity contribution in [3.05, 3.63) is 99.6 Å². The van der Waals surface area contributed by atoms with Crippen LogP contribution in [-0.2, 0) is 9.59 Å². The number of carbonyl (C=O) groups is 2. The van der Waals surface area contributed by atoms with Crippen LogP contribution in [0.3, 0.4) is 0 Å². The zero-order chi connectivity index (χ0) is 23.3. The summed E-state index contributed by atoms with van der Waals surface area (Å²) in [5.74, 6) is -1.52. The van der Waals surface area contributed by atoms with Gasteiger partial charge in [-0.2, -0.15) is 5.10 Å². The van der Waals surface area contributed by atoms with Gasteiger partial charge in [-0.15, -0.1) is 0 Å². The fourth-order valence-corrected chi connectivity index (χ4v) is 4.49. The summed E-state index contributed by atoms with van der Waals surface area (Å²) in [5.41, 5.74) is 4.04. The third-order valence-electron chi connectivity index (χ3n) is 6.04. The number of aryl methyl sites for hydroxylation is 2. The number of rotatable bonds is 4. The van der Waals surface area contributed by atoms with E-state index in [1.54, 1.807) is 23.2 Å². The molecule has 0 N–H and O–H groups in total. The van der Waals surface area contributed by atoms with Gasteiger partial charge in [0.1, 0.15) is 12.0 Å². The van der Waals surface area contributed by atoms with Crippen LogP contribution in [0.5, 0.6) is 0 Å². The molecule has 0 spiro atoms. The van der Waals surface area contributed by atoms with Gasteiger partial charge in [-0.1, -0.05) is 35.9 Å². The Kier molecular flexibility index (Phi) is 4.78. The standard InChI is InChI=1S/C25H20N4O4/c1-15-8-13-20(16(2)14-15)27-24(30)21-22(17-9-11-19(12-10-17)29(32)33)26-28(23(21)25(27)31)18-6-4-3-5-7-18/h3-14,21,23H,1-2H3/t21-,23+/m1/s1. The number of nitrogens with zero attached hydrogens (tertiary/aromatic N) is 4. The lowest BCUT2D eigenvalue weighted by atomic mass is 9.92. The molecule has 2 atom stereocenters. The van der Waals surface area contributed by atoms with Crippen molar-refractivity contribution in [2.45, 2.75) is 19.9 Å². The first kappa shape index (κ1) is 20.6. The summed E-state index contributed by atoms with van der Waals surface area (Å²) in [6.07, 6.45) is 0. The maximum Gasteiger partial charge on any atom is 0.269 e. The molecule has 8 nitrogen and oxygen atoms in total. The molecule has 1 saturated heterocycles. The molecule has 1 fully saturated rings. The molecule has 5 rings (SSSR count). The minimum absolute atomic E-state index is 0.0560. The largest absolute Gasteiger partial charge is 0.273 e. The van der Waals surface area contributed by atoms with E-state index in [2.05, 4.69) is 5.10 Å². The van der Waals surface area contributed by atoms with Gasteiger partial charge in [0, 0.05) is 12.1 Å². The minimum Gasteiger partial charge on any atom is -0.273 e. The van der Waals surface area contributed by atoms with Gasteiger partial charge in [0.25, 0.3) is 11.6 Å². The number of amides is 2. The molecule has 33 heavy (non-hydrogen) atoms. The Morgan fingerprint density at radius 3 is 2.24 bits per heavy atom. The summed E-state index contributed by atoms with van der Waals surface area (Å²) < 4.78 is 0. The number of nitro benzene ring substituents is 1. The van der Waals surface area contributed by atoms with E-state index in [1.165, 1.54) is 17.0 Å². The Morgan fingerprint density at radius 1 is 0.909 bits per heavy atom. The number of fused-ring (bicyclic) bond motifs is 1. The Labute approximate surface area is 189 Å². The first-order valence-corrected chi connectivity index (χ1v) is 10.5. The van der Waals surface area contributed by atoms with E-state index in [9.17, 15) is 19.7 Å². The Bertz CT molecular complexity index is 1320. The molecule has 2 aliphatic heterocycles. The summed E-state index contributed by atoms with van der Waals surface area (Å²) in [7, 11) is 0. The third kappa shape index (κ3) is 3.27. The van der Waals surface area contributed by atoms with Crippen molar-refractivity contribution in [1.29, 1.82) is 0 Å². The number of hydrogen-bond donors (Lipinski definition) is 0. The van der Waals surface area contributed by atoms with Crippen molar-refractivity contribution < 1.29 is 14.5 Å². The van der Waals surface area contributed by atoms with Crippen LogP contribution in [0.15, 0.2) is 77.9 Å². The van der Waals surface area contributed by atoms with E-state index in [0.717, 1.165) is 11.1 Å². The van der Waals surface area contributed by atoms with Crippen molar-refractivity contribution in [2.75, 3.05) is 9.91 Å². The van der Waals surface area contributed by atoms with E-state index in [0.29, 0.717) is 22.6 Å². The molecule has 2 heterocycles. The fraction of sp³-hybridized carbons (Fsp3) is 0.160. The average molecular weight is 440 g/mol. The Morgan fingerprint density at radius 2 is 1.61 bits per heavy atom. The molecule has 164 valence electrons. The Balaban J connectivity index is 1.62. The smallest absolute Gasteiger partial charge is 0.269 e. The molecule has 0 bridgehead atoms. The lowest BCUT2D eigenvalue weighted by Crippen LogP contribution is -2.39. The van der Waals surface area contributed by atoms with Gasteiger partial charge in [-0.3, -0.25) is 24.7 Å². The van der Waals surface area contributed by atoms with Gasteiger partial charge in [0.15, 0.2) is 0 Å². The van der Waals surface area contributed by atoms with Crippen LogP contribution >= 0.6 is 0 Å². The summed E-state index contributed by atoms with van der Waals surface area (Å²) in [5, 5.41) is 17.3. The quantitative estimate of drug-likeness (QED) is 0.347. The lowest BCUT2D eigenvalue weighted by molar-refractivity contribution is -0.384. The molecule has 8 heteroatoms. The van der Waals surface area contributed by atoms with Crippen LogP contribution in [0, 0.1) is 29.9 Å².